The van der Waals surface area contributed by atoms with Gasteiger partial charge in [-0.25, -0.2) is 22.8 Å². The largest absolute Gasteiger partial charge is 0.306 e. The smallest absolute Gasteiger partial charge is 0.260 e. The van der Waals surface area contributed by atoms with Crippen LogP contribution in [0.4, 0.5) is 0 Å². The summed E-state index contributed by atoms with van der Waals surface area (Å²) in [5, 5.41) is 0. The van der Waals surface area contributed by atoms with Crippen molar-refractivity contribution in [1.29, 1.82) is 0 Å². The summed E-state index contributed by atoms with van der Waals surface area (Å²) in [7, 11) is 10.5. The zero-order valence-electron chi connectivity index (χ0n) is 59.2. The lowest BCUT2D eigenvalue weighted by atomic mass is 10.1. The van der Waals surface area contributed by atoms with E-state index >= 15 is 0 Å². The average molecular weight is 1260 g/mol. The van der Waals surface area contributed by atoms with Crippen LogP contribution in [-0.2, 0) is 35.2 Å². The van der Waals surface area contributed by atoms with E-state index in [1.165, 1.54) is 135 Å². The lowest BCUT2D eigenvalue weighted by Crippen LogP contribution is -2.36. The van der Waals surface area contributed by atoms with E-state index < -0.39 is 0 Å². The van der Waals surface area contributed by atoms with Crippen LogP contribution in [0.1, 0.15) is 84.8 Å². The summed E-state index contributed by atoms with van der Waals surface area (Å²) in [5.74, 6) is 6.04. The minimum atomic E-state index is 1.01. The number of nitrogens with zero attached hydrogens (tertiary/aromatic N) is 14. The molecule has 0 bridgehead atoms. The van der Waals surface area contributed by atoms with Crippen molar-refractivity contribution in [2.75, 3.05) is 0 Å². The molecule has 0 atom stereocenters. The van der Waals surface area contributed by atoms with Crippen LogP contribution in [0.15, 0.2) is 189 Å². The van der Waals surface area contributed by atoms with Gasteiger partial charge in [0.25, 0.3) is 17.5 Å². The molecule has 0 aliphatic carbocycles. The number of aromatic nitrogens is 14. The molecule has 0 amide bonds. The Morgan fingerprint density at radius 3 is 1.12 bits per heavy atom. The number of hydrogen-bond acceptors (Lipinski definition) is 4. The quantitative estimate of drug-likeness (QED) is 0.160. The number of para-hydroxylation sites is 7. The Labute approximate surface area is 559 Å². The lowest BCUT2D eigenvalue weighted by Gasteiger charge is -2.09. The van der Waals surface area contributed by atoms with Gasteiger partial charge in [0.1, 0.15) is 40.8 Å². The molecule has 0 radical (unpaired) electrons. The van der Waals surface area contributed by atoms with Gasteiger partial charge in [-0.05, 0) is 161 Å². The SMILES string of the molecule is Cc1cccc(C)c1-[n+]1c(C)n(C)c2cccnc21.Cc1cccc(C)c1-[n+]1c(C)n(C)c2cnccc21.Cc1cccc(C)c1-n1c(C)[n+](C)c2ccccc21.Cc1cccc(C)c1-n1c(C)[n+](C)c2ccncc21.Cc1cccc(C)c1-n1c(C)[n+](C)c2ncccc21. The fraction of sp³-hybridized carbons (Fsp3) is 0.247. The monoisotopic (exact) mass is 1260 g/mol. The maximum absolute atomic E-state index is 4.56. The van der Waals surface area contributed by atoms with Crippen LogP contribution in [0.2, 0.25) is 0 Å². The van der Waals surface area contributed by atoms with Gasteiger partial charge in [-0.15, -0.1) is 9.97 Å². The van der Waals surface area contributed by atoms with Gasteiger partial charge < -0.3 is 0 Å². The molecule has 9 aromatic heterocycles. The zero-order valence-corrected chi connectivity index (χ0v) is 59.2. The second kappa shape index (κ2) is 27.1. The fourth-order valence-corrected chi connectivity index (χ4v) is 13.9. The van der Waals surface area contributed by atoms with E-state index in [0.717, 1.165) is 33.4 Å². The third-order valence-corrected chi connectivity index (χ3v) is 19.3. The number of aryl methyl sites for hydroxylation is 15. The number of imidazole rings is 5. The van der Waals surface area contributed by atoms with Crippen LogP contribution in [0.3, 0.4) is 0 Å². The maximum Gasteiger partial charge on any atom is 0.306 e. The number of benzene rings is 6. The first-order valence-electron chi connectivity index (χ1n) is 32.6. The molecule has 0 fully saturated rings. The summed E-state index contributed by atoms with van der Waals surface area (Å²) in [6.45, 7) is 32.3. The summed E-state index contributed by atoms with van der Waals surface area (Å²) in [5.41, 5.74) is 30.8. The van der Waals surface area contributed by atoms with Gasteiger partial charge >= 0.3 is 11.3 Å². The molecule has 0 unspecified atom stereocenters. The highest BCUT2D eigenvalue weighted by molar-refractivity contribution is 5.77. The Hall–Kier alpha value is -10.7. The van der Waals surface area contributed by atoms with Crippen molar-refractivity contribution in [3.05, 3.63) is 274 Å². The van der Waals surface area contributed by atoms with E-state index in [4.69, 9.17) is 0 Å². The highest BCUT2D eigenvalue weighted by Crippen LogP contribution is 2.29. The fourth-order valence-electron chi connectivity index (χ4n) is 13.9. The lowest BCUT2D eigenvalue weighted by molar-refractivity contribution is -0.653. The Balaban J connectivity index is 0.000000121. The van der Waals surface area contributed by atoms with Crippen molar-refractivity contribution in [2.45, 2.75) is 104 Å². The third-order valence-electron chi connectivity index (χ3n) is 19.3. The Kier molecular flexibility index (Phi) is 18.7. The van der Waals surface area contributed by atoms with Crippen molar-refractivity contribution < 1.29 is 22.8 Å². The molecule has 9 heterocycles. The van der Waals surface area contributed by atoms with Gasteiger partial charge in [0.2, 0.25) is 11.6 Å². The number of pyridine rings is 4. The van der Waals surface area contributed by atoms with Crippen LogP contribution < -0.4 is 22.8 Å². The van der Waals surface area contributed by atoms with Crippen molar-refractivity contribution in [3.8, 4) is 28.4 Å². The standard InChI is InChI=1S/C17H19N2.4C16H18N3/c1-12-8-7-9-13(2)17(12)19-14(3)18(4)15-10-5-6-11-16(15)19;1-11-7-5-8-12(2)15(11)19-13(3)18(4)16-14(19)9-6-10-17-16;1-11-7-5-8-12(2)15(11)19-13(3)18(4)14-9-6-10-17-16(14)19;1-11-6-5-7-12(2)16(11)19-13(3)18(4)15-10-17-9-8-14(15)19;1-11-6-5-7-12(2)16(11)19-13(3)18(4)14-8-9-17-10-15(14)19/h5-11H,1-4H3;4*5-10H,1-4H3/q5*+1. The third kappa shape index (κ3) is 12.0. The molecule has 6 aromatic carbocycles. The number of rotatable bonds is 5. The number of hydrogen-bond donors (Lipinski definition) is 0. The molecule has 95 heavy (non-hydrogen) atoms. The van der Waals surface area contributed by atoms with Crippen molar-refractivity contribution >= 4 is 55.4 Å². The van der Waals surface area contributed by atoms with Gasteiger partial charge in [0, 0.05) is 59.1 Å². The molecule has 0 spiro atoms. The van der Waals surface area contributed by atoms with Crippen LogP contribution in [0, 0.1) is 104 Å². The van der Waals surface area contributed by atoms with Crippen molar-refractivity contribution in [2.24, 2.45) is 35.2 Å². The van der Waals surface area contributed by atoms with Crippen LogP contribution >= 0.6 is 0 Å². The van der Waals surface area contributed by atoms with E-state index in [2.05, 4.69) is 344 Å². The molecule has 15 aromatic rings. The van der Waals surface area contributed by atoms with E-state index in [9.17, 15) is 0 Å². The van der Waals surface area contributed by atoms with Crippen LogP contribution in [0.25, 0.3) is 83.9 Å². The first kappa shape index (κ1) is 65.8. The topological polar surface area (TPSA) is 95.6 Å². The molecule has 480 valence electrons. The summed E-state index contributed by atoms with van der Waals surface area (Å²) in [6.07, 6.45) is 11.3. The molecule has 15 rings (SSSR count). The normalized spacial score (nSPS) is 11.2. The van der Waals surface area contributed by atoms with Crippen LogP contribution in [0.5, 0.6) is 0 Å². The van der Waals surface area contributed by atoms with Gasteiger partial charge in [-0.3, -0.25) is 14.5 Å². The molecule has 14 nitrogen and oxygen atoms in total. The number of fused-ring (bicyclic) bond motifs is 5. The molecular weight excluding hydrogens is 1170 g/mol. The van der Waals surface area contributed by atoms with Crippen molar-refractivity contribution in [3.63, 3.8) is 0 Å². The Morgan fingerprint density at radius 2 is 0.621 bits per heavy atom. The van der Waals surface area contributed by atoms with Crippen molar-refractivity contribution in [1.82, 2.24) is 42.8 Å². The summed E-state index contributed by atoms with van der Waals surface area (Å²) in [4.78, 5) is 17.6. The minimum Gasteiger partial charge on any atom is -0.260 e. The first-order chi connectivity index (χ1) is 45.5. The predicted octanol–water partition coefficient (Wildman–Crippen LogP) is 14.5. The zero-order chi connectivity index (χ0) is 67.8. The highest BCUT2D eigenvalue weighted by Gasteiger charge is 2.28. The molecule has 14 heteroatoms. The van der Waals surface area contributed by atoms with Gasteiger partial charge in [-0.1, -0.05) is 103 Å². The highest BCUT2D eigenvalue weighted by atomic mass is 15.2. The van der Waals surface area contributed by atoms with E-state index in [1.54, 1.807) is 0 Å². The second-order valence-electron chi connectivity index (χ2n) is 25.3. The predicted molar refractivity (Wildman–Crippen MR) is 384 cm³/mol. The summed E-state index contributed by atoms with van der Waals surface area (Å²) >= 11 is 0. The Bertz CT molecular complexity index is 4520. The second-order valence-corrected chi connectivity index (χ2v) is 25.3. The van der Waals surface area contributed by atoms with E-state index in [-0.39, 0.29) is 0 Å². The molecule has 0 N–H and O–H groups in total. The van der Waals surface area contributed by atoms with Gasteiger partial charge in [-0.2, -0.15) is 18.3 Å². The van der Waals surface area contributed by atoms with Gasteiger partial charge in [0.15, 0.2) is 44.1 Å². The average Bonchev–Trinajstić information content (AvgIpc) is 1.66. The van der Waals surface area contributed by atoms with Crippen LogP contribution in [-0.4, -0.2) is 42.8 Å². The van der Waals surface area contributed by atoms with E-state index in [0.29, 0.717) is 0 Å². The maximum atomic E-state index is 4.56. The minimum absolute atomic E-state index is 1.01. The molecule has 0 aliphatic heterocycles. The first-order valence-corrected chi connectivity index (χ1v) is 32.6. The summed E-state index contributed by atoms with van der Waals surface area (Å²) in [6, 6.07) is 53.1. The van der Waals surface area contributed by atoms with E-state index in [1.807, 2.05) is 49.3 Å². The summed E-state index contributed by atoms with van der Waals surface area (Å²) < 4.78 is 22.5. The molecule has 0 saturated heterocycles. The Morgan fingerprint density at radius 1 is 0.274 bits per heavy atom. The molecule has 0 aliphatic rings. The molecular formula is C81H91N14+5. The van der Waals surface area contributed by atoms with Gasteiger partial charge in [0.05, 0.1) is 47.6 Å². The molecule has 0 saturated carbocycles.